The van der Waals surface area contributed by atoms with E-state index in [0.29, 0.717) is 103 Å². The van der Waals surface area contributed by atoms with Crippen molar-refractivity contribution in [2.75, 3.05) is 126 Å². The Balaban J connectivity index is 0.000000275. The van der Waals surface area contributed by atoms with Crippen LogP contribution in [0.4, 0.5) is 26.3 Å². The SMILES string of the molecule is C1COCCO1.COCCN1CCC(C(=O)NO)(S(=O)(=O)N2CCC(Oc3ccc(OC(F)(F)F)cc3)CC2)CC1.COCCN1CCC(C(=O)NOC2CCCCO2)(S(=O)(=O)N2CCC(Oc3ccc(OC(F)(F)F)cc3)CC2)CC1.Cl. The van der Waals surface area contributed by atoms with Gasteiger partial charge in [-0.05, 0) is 113 Å². The maximum Gasteiger partial charge on any atom is 0.573 e. The highest BCUT2D eigenvalue weighted by Crippen LogP contribution is 2.38. The molecule has 2 amide bonds. The highest BCUT2D eigenvalue weighted by atomic mass is 35.5. The van der Waals surface area contributed by atoms with Gasteiger partial charge in [-0.3, -0.25) is 14.8 Å². The van der Waals surface area contributed by atoms with E-state index in [1.807, 2.05) is 4.90 Å². The molecule has 6 aliphatic rings. The molecule has 6 fully saturated rings. The summed E-state index contributed by atoms with van der Waals surface area (Å²) in [5, 5.41) is 9.30. The summed E-state index contributed by atoms with van der Waals surface area (Å²) in [5.41, 5.74) is 3.95. The van der Waals surface area contributed by atoms with Gasteiger partial charge in [0.15, 0.2) is 15.8 Å². The summed E-state index contributed by atoms with van der Waals surface area (Å²) < 4.78 is 174. The molecule has 23 nitrogen and oxygen atoms in total. The fraction of sp³-hybridized carbons (Fsp3) is 0.725. The molecule has 1 unspecified atom stereocenters. The van der Waals surface area contributed by atoms with Gasteiger partial charge in [0.05, 0.1) is 39.6 Å². The van der Waals surface area contributed by atoms with Crippen LogP contribution in [0, 0.1) is 0 Å². The molecular weight excluding hydrogens is 1180 g/mol. The lowest BCUT2D eigenvalue weighted by Crippen LogP contribution is -2.63. The molecule has 6 heterocycles. The van der Waals surface area contributed by atoms with Gasteiger partial charge in [-0.15, -0.1) is 38.7 Å². The Hall–Kier alpha value is -4.09. The molecule has 6 saturated heterocycles. The molecule has 0 bridgehead atoms. The zero-order valence-corrected chi connectivity index (χ0v) is 48.9. The molecular formula is C51H77ClF6N6O17S2. The van der Waals surface area contributed by atoms with Gasteiger partial charge in [-0.25, -0.2) is 41.2 Å². The van der Waals surface area contributed by atoms with Crippen molar-refractivity contribution < 1.29 is 105 Å². The molecule has 2 aromatic rings. The Kier molecular flexibility index (Phi) is 27.4. The van der Waals surface area contributed by atoms with Crippen LogP contribution >= 0.6 is 12.4 Å². The lowest BCUT2D eigenvalue weighted by atomic mass is 9.95. The van der Waals surface area contributed by atoms with Crippen LogP contribution in [0.15, 0.2) is 48.5 Å². The summed E-state index contributed by atoms with van der Waals surface area (Å²) in [6, 6.07) is 10.0. The predicted molar refractivity (Wildman–Crippen MR) is 287 cm³/mol. The van der Waals surface area contributed by atoms with E-state index in [-0.39, 0.29) is 88.0 Å². The van der Waals surface area contributed by atoms with E-state index in [9.17, 15) is 58.0 Å². The molecule has 0 spiro atoms. The van der Waals surface area contributed by atoms with Crippen molar-refractivity contribution in [3.05, 3.63) is 48.5 Å². The molecule has 8 rings (SSSR count). The van der Waals surface area contributed by atoms with Crippen LogP contribution in [0.1, 0.15) is 70.6 Å². The molecule has 32 heteroatoms. The average Bonchev–Trinajstić information content (AvgIpc) is 3.67. The van der Waals surface area contributed by atoms with Crippen molar-refractivity contribution in [3.63, 3.8) is 0 Å². The van der Waals surface area contributed by atoms with Crippen LogP contribution in [0.25, 0.3) is 0 Å². The molecule has 0 radical (unpaired) electrons. The molecule has 2 aromatic carbocycles. The number of alkyl halides is 6. The van der Waals surface area contributed by atoms with Gasteiger partial charge in [-0.1, -0.05) is 0 Å². The molecule has 0 aromatic heterocycles. The lowest BCUT2D eigenvalue weighted by Gasteiger charge is -2.43. The number of sulfonamides is 2. The summed E-state index contributed by atoms with van der Waals surface area (Å²) in [5.74, 6) is -1.68. The van der Waals surface area contributed by atoms with Crippen molar-refractivity contribution in [3.8, 4) is 23.0 Å². The summed E-state index contributed by atoms with van der Waals surface area (Å²) in [7, 11) is -5.02. The summed E-state index contributed by atoms with van der Waals surface area (Å²) in [4.78, 5) is 35.7. The fourth-order valence-corrected chi connectivity index (χ4v) is 14.5. The van der Waals surface area contributed by atoms with Gasteiger partial charge in [0.2, 0.25) is 20.0 Å². The van der Waals surface area contributed by atoms with Crippen LogP contribution in [0.5, 0.6) is 23.0 Å². The zero-order chi connectivity index (χ0) is 59.4. The van der Waals surface area contributed by atoms with Crippen molar-refractivity contribution in [1.82, 2.24) is 29.4 Å². The minimum absolute atomic E-state index is 0. The molecule has 83 heavy (non-hydrogen) atoms. The monoisotopic (exact) mass is 1260 g/mol. The number of benzene rings is 2. The lowest BCUT2D eigenvalue weighted by molar-refractivity contribution is -0.275. The van der Waals surface area contributed by atoms with Crippen LogP contribution in [-0.2, 0) is 58.2 Å². The Morgan fingerprint density at radius 3 is 1.28 bits per heavy atom. The molecule has 3 N–H and O–H groups in total. The number of hydroxylamine groups is 2. The number of likely N-dealkylation sites (tertiary alicyclic amines) is 2. The van der Waals surface area contributed by atoms with E-state index in [4.69, 9.17) is 38.0 Å². The third kappa shape index (κ3) is 20.2. The van der Waals surface area contributed by atoms with Gasteiger partial charge in [-0.2, -0.15) is 0 Å². The standard InChI is InChI=1S/C26H38F3N3O8S.C21H30F3N3O7S.C4H8O2.ClH/c1-36-19-17-31-15-11-25(12-16-31,24(33)30-40-23-4-2-3-18-37-23)41(34,35)32-13-9-21(10-14-32)38-20-5-7-22(8-6-20)39-26(27,28)29;1-32-15-14-26-12-8-20(9-13-26,19(28)25-29)35(30,31)27-10-6-17(7-11-27)33-16-2-4-18(5-3-16)34-21(22,23)24;1-2-6-4-3-5-1;/h5-8,21,23H,2-4,9-19H2,1H3,(H,30,33);2-5,17,29H,6-15H2,1H3,(H,25,28);1-4H2;1H. The van der Waals surface area contributed by atoms with Gasteiger partial charge >= 0.3 is 12.7 Å². The van der Waals surface area contributed by atoms with E-state index in [2.05, 4.69) is 19.9 Å². The summed E-state index contributed by atoms with van der Waals surface area (Å²) >= 11 is 0. The second kappa shape index (κ2) is 32.6. The first-order chi connectivity index (χ1) is 39.0. The number of hydrogen-bond acceptors (Lipinski definition) is 19. The van der Waals surface area contributed by atoms with Crippen LogP contribution < -0.4 is 29.9 Å². The average molecular weight is 1260 g/mol. The first-order valence-electron chi connectivity index (χ1n) is 27.2. The molecule has 0 aliphatic carbocycles. The van der Waals surface area contributed by atoms with Crippen molar-refractivity contribution >= 4 is 44.3 Å². The maximum atomic E-state index is 14.1. The number of amides is 2. The number of piperidine rings is 4. The fourth-order valence-electron chi connectivity index (χ4n) is 10.2. The third-order valence-corrected chi connectivity index (χ3v) is 20.1. The van der Waals surface area contributed by atoms with E-state index >= 15 is 0 Å². The van der Waals surface area contributed by atoms with Gasteiger partial charge < -0.3 is 52.4 Å². The zero-order valence-electron chi connectivity index (χ0n) is 46.4. The summed E-state index contributed by atoms with van der Waals surface area (Å²) in [6.45, 7) is 7.88. The number of hydrogen-bond donors (Lipinski definition) is 3. The Bertz CT molecular complexity index is 2460. The summed E-state index contributed by atoms with van der Waals surface area (Å²) in [6.07, 6.45) is -6.85. The molecule has 474 valence electrons. The number of methoxy groups -OCH3 is 2. The van der Waals surface area contributed by atoms with E-state index in [0.717, 1.165) is 63.5 Å². The van der Waals surface area contributed by atoms with Crippen LogP contribution in [0.2, 0.25) is 0 Å². The minimum Gasteiger partial charge on any atom is -0.490 e. The molecule has 6 aliphatic heterocycles. The minimum atomic E-state index is -4.79. The maximum absolute atomic E-state index is 14.1. The Morgan fingerprint density at radius 2 is 0.952 bits per heavy atom. The second-order valence-electron chi connectivity index (χ2n) is 20.1. The van der Waals surface area contributed by atoms with Crippen LogP contribution in [-0.4, -0.2) is 219 Å². The van der Waals surface area contributed by atoms with Crippen LogP contribution in [0.3, 0.4) is 0 Å². The Morgan fingerprint density at radius 1 is 0.578 bits per heavy atom. The number of nitrogens with one attached hydrogen (secondary N) is 2. The quantitative estimate of drug-likeness (QED) is 0.0895. The second-order valence-corrected chi connectivity index (χ2v) is 24.6. The third-order valence-electron chi connectivity index (χ3n) is 14.8. The predicted octanol–water partition coefficient (Wildman–Crippen LogP) is 5.01. The van der Waals surface area contributed by atoms with E-state index in [1.54, 1.807) is 19.7 Å². The number of nitrogens with zero attached hydrogens (tertiary/aromatic N) is 4. The molecule has 1 atom stereocenters. The number of carbonyl (C=O) groups excluding carboxylic acids is 2. The van der Waals surface area contributed by atoms with E-state index in [1.165, 1.54) is 32.9 Å². The normalized spacial score (nSPS) is 21.8. The first kappa shape index (κ1) is 69.7. The van der Waals surface area contributed by atoms with E-state index < -0.39 is 60.4 Å². The van der Waals surface area contributed by atoms with Crippen molar-refractivity contribution in [1.29, 1.82) is 0 Å². The number of carbonyl (C=O) groups is 2. The highest BCUT2D eigenvalue weighted by molar-refractivity contribution is 7.91. The molecule has 0 saturated carbocycles. The smallest absolute Gasteiger partial charge is 0.490 e. The first-order valence-corrected chi connectivity index (χ1v) is 30.1. The number of halogens is 7. The van der Waals surface area contributed by atoms with Gasteiger partial charge in [0.1, 0.15) is 35.2 Å². The number of ether oxygens (including phenoxy) is 9. The number of rotatable bonds is 20. The topological polar surface area (TPSA) is 252 Å². The van der Waals surface area contributed by atoms with Gasteiger partial charge in [0, 0.05) is 92.7 Å². The highest BCUT2D eigenvalue weighted by Gasteiger charge is 2.57. The van der Waals surface area contributed by atoms with Gasteiger partial charge in [0.25, 0.3) is 11.8 Å². The largest absolute Gasteiger partial charge is 0.573 e. The van der Waals surface area contributed by atoms with Crippen molar-refractivity contribution in [2.45, 2.75) is 111 Å². The van der Waals surface area contributed by atoms with Crippen molar-refractivity contribution in [2.24, 2.45) is 0 Å². The Labute approximate surface area is 486 Å².